The molecular formula is C28H28N4O2S. The number of rotatable bonds is 6. The maximum Gasteiger partial charge on any atom is 0.267 e. The van der Waals surface area contributed by atoms with Crippen LogP contribution in [0.15, 0.2) is 89.7 Å². The molecule has 0 saturated carbocycles. The molecule has 6 nitrogen and oxygen atoms in total. The Labute approximate surface area is 209 Å². The number of nitrogens with zero attached hydrogens (tertiary/aromatic N) is 4. The van der Waals surface area contributed by atoms with Gasteiger partial charge in [-0.15, -0.1) is 11.3 Å². The lowest BCUT2D eigenvalue weighted by molar-refractivity contribution is -0.134. The predicted molar refractivity (Wildman–Crippen MR) is 139 cm³/mol. The quantitative estimate of drug-likeness (QED) is 0.411. The van der Waals surface area contributed by atoms with Crippen LogP contribution in [0.3, 0.4) is 0 Å². The van der Waals surface area contributed by atoms with Crippen LogP contribution in [0.2, 0.25) is 0 Å². The molecule has 0 spiro atoms. The summed E-state index contributed by atoms with van der Waals surface area (Å²) in [7, 11) is 0. The summed E-state index contributed by atoms with van der Waals surface area (Å²) in [6, 6.07) is 28.4. The first-order valence-electron chi connectivity index (χ1n) is 11.9. The molecule has 0 bridgehead atoms. The number of amides is 1. The van der Waals surface area contributed by atoms with Crippen LogP contribution in [0.5, 0.6) is 0 Å². The molecule has 4 aromatic rings. The van der Waals surface area contributed by atoms with Gasteiger partial charge in [0.15, 0.2) is 0 Å². The van der Waals surface area contributed by atoms with Gasteiger partial charge in [-0.3, -0.25) is 14.5 Å². The van der Waals surface area contributed by atoms with Crippen LogP contribution in [-0.4, -0.2) is 51.7 Å². The average molecular weight is 485 g/mol. The molecule has 1 aliphatic rings. The summed E-state index contributed by atoms with van der Waals surface area (Å²) in [5.41, 5.74) is 2.95. The van der Waals surface area contributed by atoms with Crippen LogP contribution in [0.25, 0.3) is 10.6 Å². The summed E-state index contributed by atoms with van der Waals surface area (Å²) in [5.74, 6) is -0.0743. The van der Waals surface area contributed by atoms with Crippen molar-refractivity contribution in [2.45, 2.75) is 19.5 Å². The lowest BCUT2D eigenvalue weighted by atomic mass is 9.96. The van der Waals surface area contributed by atoms with E-state index in [1.54, 1.807) is 17.4 Å². The van der Waals surface area contributed by atoms with Gasteiger partial charge in [-0.2, -0.15) is 5.10 Å². The highest BCUT2D eigenvalue weighted by Crippen LogP contribution is 2.29. The zero-order chi connectivity index (χ0) is 24.2. The summed E-state index contributed by atoms with van der Waals surface area (Å²) < 4.78 is 1.29. The summed E-state index contributed by atoms with van der Waals surface area (Å²) >= 11 is 1.62. The Hall–Kier alpha value is -3.55. The Bertz CT molecular complexity index is 1300. The highest BCUT2D eigenvalue weighted by atomic mass is 32.1. The number of hydrogen-bond donors (Lipinski definition) is 0. The fourth-order valence-corrected chi connectivity index (χ4v) is 5.44. The van der Waals surface area contributed by atoms with E-state index in [1.807, 2.05) is 36.1 Å². The highest BCUT2D eigenvalue weighted by Gasteiger charge is 2.28. The van der Waals surface area contributed by atoms with Gasteiger partial charge in [-0.25, -0.2) is 4.68 Å². The zero-order valence-corrected chi connectivity index (χ0v) is 20.5. The van der Waals surface area contributed by atoms with Gasteiger partial charge < -0.3 is 4.90 Å². The smallest absolute Gasteiger partial charge is 0.267 e. The summed E-state index contributed by atoms with van der Waals surface area (Å²) in [6.45, 7) is 4.75. The molecular weight excluding hydrogens is 456 g/mol. The molecule has 3 heterocycles. The van der Waals surface area contributed by atoms with E-state index in [-0.39, 0.29) is 24.1 Å². The molecule has 7 heteroatoms. The van der Waals surface area contributed by atoms with Crippen LogP contribution >= 0.6 is 11.3 Å². The van der Waals surface area contributed by atoms with Crippen LogP contribution in [0.4, 0.5) is 0 Å². The summed E-state index contributed by atoms with van der Waals surface area (Å²) in [4.78, 5) is 32.0. The van der Waals surface area contributed by atoms with Crippen molar-refractivity contribution in [1.82, 2.24) is 19.6 Å². The Balaban J connectivity index is 1.28. The fraction of sp³-hybridized carbons (Fsp3) is 0.250. The molecule has 0 atom stereocenters. The second-order valence-corrected chi connectivity index (χ2v) is 10.1. The molecule has 1 amide bonds. The maximum atomic E-state index is 13.1. The zero-order valence-electron chi connectivity index (χ0n) is 19.7. The monoisotopic (exact) mass is 484 g/mol. The molecule has 1 aliphatic heterocycles. The lowest BCUT2D eigenvalue weighted by Crippen LogP contribution is -2.51. The first-order valence-corrected chi connectivity index (χ1v) is 12.7. The molecule has 0 radical (unpaired) electrons. The number of carbonyl (C=O) groups excluding carboxylic acids is 1. The van der Waals surface area contributed by atoms with Crippen LogP contribution in [0, 0.1) is 6.92 Å². The molecule has 0 N–H and O–H groups in total. The predicted octanol–water partition coefficient (Wildman–Crippen LogP) is 4.21. The first kappa shape index (κ1) is 23.2. The van der Waals surface area contributed by atoms with Crippen LogP contribution in [-0.2, 0) is 11.3 Å². The van der Waals surface area contributed by atoms with Gasteiger partial charge in [0.1, 0.15) is 12.2 Å². The third-order valence-electron chi connectivity index (χ3n) is 6.41. The third-order valence-corrected chi connectivity index (χ3v) is 7.43. The van der Waals surface area contributed by atoms with Crippen molar-refractivity contribution in [3.8, 4) is 10.6 Å². The van der Waals surface area contributed by atoms with Gasteiger partial charge in [0.05, 0.1) is 10.9 Å². The van der Waals surface area contributed by atoms with Crippen LogP contribution < -0.4 is 5.56 Å². The second-order valence-electron chi connectivity index (χ2n) is 8.77. The van der Waals surface area contributed by atoms with Gasteiger partial charge in [-0.1, -0.05) is 60.7 Å². The first-order chi connectivity index (χ1) is 17.1. The molecule has 1 saturated heterocycles. The van der Waals surface area contributed by atoms with Gasteiger partial charge in [0.2, 0.25) is 5.91 Å². The Morgan fingerprint density at radius 2 is 1.49 bits per heavy atom. The molecule has 0 aliphatic carbocycles. The van der Waals surface area contributed by atoms with Crippen molar-refractivity contribution in [3.05, 3.63) is 111 Å². The van der Waals surface area contributed by atoms with E-state index in [1.165, 1.54) is 26.8 Å². The van der Waals surface area contributed by atoms with E-state index < -0.39 is 0 Å². The minimum absolute atomic E-state index is 0.0438. The Morgan fingerprint density at radius 1 is 0.857 bits per heavy atom. The topological polar surface area (TPSA) is 58.4 Å². The number of carbonyl (C=O) groups is 1. The van der Waals surface area contributed by atoms with Gasteiger partial charge in [0, 0.05) is 37.1 Å². The van der Waals surface area contributed by atoms with Gasteiger partial charge in [0.25, 0.3) is 5.56 Å². The molecule has 1 fully saturated rings. The lowest BCUT2D eigenvalue weighted by Gasteiger charge is -2.39. The Morgan fingerprint density at radius 3 is 2.06 bits per heavy atom. The van der Waals surface area contributed by atoms with E-state index in [2.05, 4.69) is 58.5 Å². The Kier molecular flexibility index (Phi) is 6.88. The highest BCUT2D eigenvalue weighted by molar-refractivity contribution is 7.15. The van der Waals surface area contributed by atoms with Crippen molar-refractivity contribution in [2.75, 3.05) is 26.2 Å². The number of piperazine rings is 1. The van der Waals surface area contributed by atoms with E-state index in [9.17, 15) is 9.59 Å². The van der Waals surface area contributed by atoms with Crippen molar-refractivity contribution in [3.63, 3.8) is 0 Å². The van der Waals surface area contributed by atoms with Gasteiger partial charge >= 0.3 is 0 Å². The second kappa shape index (κ2) is 10.4. The largest absolute Gasteiger partial charge is 0.339 e. The summed E-state index contributed by atoms with van der Waals surface area (Å²) in [6.07, 6.45) is 0. The average Bonchev–Trinajstić information content (AvgIpc) is 3.33. The normalized spacial score (nSPS) is 14.4. The van der Waals surface area contributed by atoms with E-state index in [4.69, 9.17) is 0 Å². The van der Waals surface area contributed by atoms with E-state index in [0.29, 0.717) is 18.8 Å². The van der Waals surface area contributed by atoms with Crippen LogP contribution in [0.1, 0.15) is 22.0 Å². The molecule has 35 heavy (non-hydrogen) atoms. The molecule has 2 aromatic heterocycles. The number of aryl methyl sites for hydroxylation is 1. The minimum Gasteiger partial charge on any atom is -0.339 e. The SMILES string of the molecule is Cc1ccc(-c2ccc(=O)n(CC(=O)N3CCN(C(c4ccccc4)c4ccccc4)CC3)n2)s1. The molecule has 0 unspecified atom stereocenters. The number of thiophene rings is 1. The van der Waals surface area contributed by atoms with Crippen molar-refractivity contribution in [2.24, 2.45) is 0 Å². The van der Waals surface area contributed by atoms with E-state index in [0.717, 1.165) is 18.0 Å². The molecule has 178 valence electrons. The number of hydrogen-bond acceptors (Lipinski definition) is 5. The number of benzene rings is 2. The van der Waals surface area contributed by atoms with E-state index >= 15 is 0 Å². The van der Waals surface area contributed by atoms with Crippen molar-refractivity contribution in [1.29, 1.82) is 0 Å². The van der Waals surface area contributed by atoms with Crippen molar-refractivity contribution >= 4 is 17.2 Å². The minimum atomic E-state index is -0.262. The fourth-order valence-electron chi connectivity index (χ4n) is 4.61. The standard InChI is InChI=1S/C28H28N4O2S/c1-21-12-14-25(35-21)24-13-15-26(33)32(29-24)20-27(34)30-16-18-31(19-17-30)28(22-8-4-2-5-9-22)23-10-6-3-7-11-23/h2-15,28H,16-20H2,1H3. The third kappa shape index (κ3) is 5.26. The molecule has 5 rings (SSSR count). The van der Waals surface area contributed by atoms with Gasteiger partial charge in [-0.05, 0) is 36.2 Å². The summed E-state index contributed by atoms with van der Waals surface area (Å²) in [5, 5.41) is 4.47. The molecule has 2 aromatic carbocycles. The number of aromatic nitrogens is 2. The van der Waals surface area contributed by atoms with Crippen molar-refractivity contribution < 1.29 is 4.79 Å². The maximum absolute atomic E-state index is 13.1.